The van der Waals surface area contributed by atoms with Gasteiger partial charge in [-0.15, -0.1) is 0 Å². The van der Waals surface area contributed by atoms with Crippen molar-refractivity contribution in [2.24, 2.45) is 10.9 Å². The van der Waals surface area contributed by atoms with E-state index >= 15 is 0 Å². The van der Waals surface area contributed by atoms with Crippen molar-refractivity contribution in [3.8, 4) is 0 Å². The summed E-state index contributed by atoms with van der Waals surface area (Å²) in [6.45, 7) is 4.07. The van der Waals surface area contributed by atoms with Crippen molar-refractivity contribution in [1.29, 1.82) is 0 Å². The van der Waals surface area contributed by atoms with Crippen LogP contribution in [0.15, 0.2) is 28.4 Å². The SMILES string of the molecule is C/C=N\C1=CC(NC)C(C)CC/C1=C\C(=O)OC. The van der Waals surface area contributed by atoms with Gasteiger partial charge < -0.3 is 10.1 Å². The number of rotatable bonds is 3. The monoisotopic (exact) mass is 250 g/mol. The van der Waals surface area contributed by atoms with Crippen molar-refractivity contribution in [2.45, 2.75) is 32.7 Å². The average molecular weight is 250 g/mol. The first-order valence-corrected chi connectivity index (χ1v) is 6.29. The molecule has 0 spiro atoms. The van der Waals surface area contributed by atoms with Gasteiger partial charge in [-0.2, -0.15) is 0 Å². The summed E-state index contributed by atoms with van der Waals surface area (Å²) in [4.78, 5) is 15.7. The fourth-order valence-electron chi connectivity index (χ4n) is 2.11. The summed E-state index contributed by atoms with van der Waals surface area (Å²) in [6.07, 6.45) is 7.25. The molecule has 1 N–H and O–H groups in total. The van der Waals surface area contributed by atoms with Crippen LogP contribution < -0.4 is 5.32 Å². The molecule has 100 valence electrons. The highest BCUT2D eigenvalue weighted by Crippen LogP contribution is 2.27. The zero-order valence-electron chi connectivity index (χ0n) is 11.6. The Balaban J connectivity index is 3.09. The third-order valence-electron chi connectivity index (χ3n) is 3.24. The van der Waals surface area contributed by atoms with Crippen LogP contribution in [0.5, 0.6) is 0 Å². The van der Waals surface area contributed by atoms with Crippen LogP contribution in [0.25, 0.3) is 0 Å². The molecule has 4 heteroatoms. The van der Waals surface area contributed by atoms with E-state index in [1.807, 2.05) is 14.0 Å². The van der Waals surface area contributed by atoms with Crippen molar-refractivity contribution in [2.75, 3.05) is 14.2 Å². The molecule has 2 atom stereocenters. The fourth-order valence-corrected chi connectivity index (χ4v) is 2.11. The number of likely N-dealkylation sites (N-methyl/N-ethyl adjacent to an activating group) is 1. The Labute approximate surface area is 109 Å². The molecule has 2 unspecified atom stereocenters. The van der Waals surface area contributed by atoms with E-state index in [9.17, 15) is 4.79 Å². The molecule has 1 aliphatic rings. The fraction of sp³-hybridized carbons (Fsp3) is 0.571. The van der Waals surface area contributed by atoms with Crippen LogP contribution in [0, 0.1) is 5.92 Å². The van der Waals surface area contributed by atoms with E-state index < -0.39 is 0 Å². The molecule has 0 aromatic rings. The number of carbonyl (C=O) groups is 1. The number of ether oxygens (including phenoxy) is 1. The van der Waals surface area contributed by atoms with Gasteiger partial charge in [0.15, 0.2) is 0 Å². The van der Waals surface area contributed by atoms with E-state index in [0.29, 0.717) is 5.92 Å². The second kappa shape index (κ2) is 7.11. The quantitative estimate of drug-likeness (QED) is 0.474. The highest BCUT2D eigenvalue weighted by Gasteiger charge is 2.20. The lowest BCUT2D eigenvalue weighted by Crippen LogP contribution is -2.29. The molecule has 0 heterocycles. The lowest BCUT2D eigenvalue weighted by Gasteiger charge is -2.17. The number of carbonyl (C=O) groups excluding carboxylic acids is 1. The van der Waals surface area contributed by atoms with Gasteiger partial charge in [0.1, 0.15) is 0 Å². The normalized spacial score (nSPS) is 27.1. The molecule has 0 aromatic carbocycles. The minimum atomic E-state index is -0.322. The lowest BCUT2D eigenvalue weighted by atomic mass is 9.98. The van der Waals surface area contributed by atoms with Crippen LogP contribution in [-0.4, -0.2) is 32.4 Å². The maximum atomic E-state index is 11.4. The minimum absolute atomic E-state index is 0.284. The molecule has 0 aromatic heterocycles. The Morgan fingerprint density at radius 1 is 1.61 bits per heavy atom. The predicted octanol–water partition coefficient (Wildman–Crippen LogP) is 2.08. The molecule has 18 heavy (non-hydrogen) atoms. The number of hydrogen-bond donors (Lipinski definition) is 1. The molecule has 0 fully saturated rings. The van der Waals surface area contributed by atoms with Crippen molar-refractivity contribution in [1.82, 2.24) is 5.32 Å². The Kier molecular flexibility index (Phi) is 5.78. The summed E-state index contributed by atoms with van der Waals surface area (Å²) in [5.74, 6) is 0.193. The van der Waals surface area contributed by atoms with Gasteiger partial charge in [-0.1, -0.05) is 6.92 Å². The van der Waals surface area contributed by atoms with E-state index in [0.717, 1.165) is 24.1 Å². The predicted molar refractivity (Wildman–Crippen MR) is 73.6 cm³/mol. The second-order valence-electron chi connectivity index (χ2n) is 4.46. The van der Waals surface area contributed by atoms with Gasteiger partial charge in [0.2, 0.25) is 0 Å². The Morgan fingerprint density at radius 3 is 2.89 bits per heavy atom. The molecule has 0 amide bonds. The van der Waals surface area contributed by atoms with Crippen LogP contribution >= 0.6 is 0 Å². The molecular weight excluding hydrogens is 228 g/mol. The van der Waals surface area contributed by atoms with E-state index in [2.05, 4.69) is 23.3 Å². The summed E-state index contributed by atoms with van der Waals surface area (Å²) < 4.78 is 4.69. The van der Waals surface area contributed by atoms with Crippen LogP contribution in [-0.2, 0) is 9.53 Å². The summed E-state index contributed by atoms with van der Waals surface area (Å²) >= 11 is 0. The summed E-state index contributed by atoms with van der Waals surface area (Å²) in [7, 11) is 3.33. The first-order valence-electron chi connectivity index (χ1n) is 6.29. The van der Waals surface area contributed by atoms with Crippen LogP contribution in [0.4, 0.5) is 0 Å². The van der Waals surface area contributed by atoms with E-state index in [1.54, 1.807) is 12.3 Å². The molecule has 0 aliphatic heterocycles. The van der Waals surface area contributed by atoms with Gasteiger partial charge in [0.25, 0.3) is 0 Å². The first kappa shape index (κ1) is 14.6. The molecule has 4 nitrogen and oxygen atoms in total. The first-order chi connectivity index (χ1) is 8.62. The number of nitrogens with one attached hydrogen (secondary N) is 1. The van der Waals surface area contributed by atoms with E-state index in [4.69, 9.17) is 4.74 Å². The lowest BCUT2D eigenvalue weighted by molar-refractivity contribution is -0.134. The maximum Gasteiger partial charge on any atom is 0.330 e. The molecule has 1 aliphatic carbocycles. The van der Waals surface area contributed by atoms with Gasteiger partial charge in [-0.25, -0.2) is 4.79 Å². The van der Waals surface area contributed by atoms with Crippen molar-refractivity contribution < 1.29 is 9.53 Å². The Morgan fingerprint density at radius 2 is 2.33 bits per heavy atom. The highest BCUT2D eigenvalue weighted by atomic mass is 16.5. The van der Waals surface area contributed by atoms with Crippen molar-refractivity contribution in [3.05, 3.63) is 23.4 Å². The van der Waals surface area contributed by atoms with Crippen LogP contribution in [0.1, 0.15) is 26.7 Å². The molecule has 0 saturated heterocycles. The Hall–Kier alpha value is -1.42. The summed E-state index contributed by atoms with van der Waals surface area (Å²) in [6, 6.07) is 0.284. The summed E-state index contributed by atoms with van der Waals surface area (Å²) in [5, 5.41) is 3.28. The van der Waals surface area contributed by atoms with Crippen LogP contribution in [0.3, 0.4) is 0 Å². The topological polar surface area (TPSA) is 50.7 Å². The highest BCUT2D eigenvalue weighted by molar-refractivity contribution is 5.83. The van der Waals surface area contributed by atoms with Gasteiger partial charge in [0.05, 0.1) is 12.8 Å². The molecular formula is C14H22N2O2. The van der Waals surface area contributed by atoms with Gasteiger partial charge in [0, 0.05) is 18.3 Å². The molecule has 0 bridgehead atoms. The zero-order chi connectivity index (χ0) is 13.5. The number of hydrogen-bond acceptors (Lipinski definition) is 4. The Bertz CT molecular complexity index is 383. The zero-order valence-corrected chi connectivity index (χ0v) is 11.6. The second-order valence-corrected chi connectivity index (χ2v) is 4.46. The van der Waals surface area contributed by atoms with Gasteiger partial charge in [-0.3, -0.25) is 4.99 Å². The minimum Gasteiger partial charge on any atom is -0.466 e. The van der Waals surface area contributed by atoms with Crippen molar-refractivity contribution >= 4 is 12.2 Å². The van der Waals surface area contributed by atoms with E-state index in [1.165, 1.54) is 7.11 Å². The number of aliphatic imine (C=N–C) groups is 1. The maximum absolute atomic E-state index is 11.4. The molecule has 1 rings (SSSR count). The van der Waals surface area contributed by atoms with E-state index in [-0.39, 0.29) is 12.0 Å². The van der Waals surface area contributed by atoms with Gasteiger partial charge >= 0.3 is 5.97 Å². The number of esters is 1. The number of nitrogens with zero attached hydrogens (tertiary/aromatic N) is 1. The molecule has 0 saturated carbocycles. The third kappa shape index (κ3) is 3.81. The average Bonchev–Trinajstić information content (AvgIpc) is 2.51. The smallest absolute Gasteiger partial charge is 0.330 e. The van der Waals surface area contributed by atoms with Crippen molar-refractivity contribution in [3.63, 3.8) is 0 Å². The number of methoxy groups -OCH3 is 1. The van der Waals surface area contributed by atoms with Gasteiger partial charge in [-0.05, 0) is 44.4 Å². The summed E-state index contributed by atoms with van der Waals surface area (Å²) in [5.41, 5.74) is 1.82. The third-order valence-corrected chi connectivity index (χ3v) is 3.24. The van der Waals surface area contributed by atoms with Crippen LogP contribution in [0.2, 0.25) is 0 Å². The standard InChI is InChI=1S/C14H22N2O2/c1-5-16-13-9-12(15-3)10(2)6-7-11(13)8-14(17)18-4/h5,8-10,12,15H,6-7H2,1-4H3/b11-8+,16-5-. The largest absolute Gasteiger partial charge is 0.466 e. The molecule has 0 radical (unpaired) electrons. The number of allylic oxidation sites excluding steroid dienone is 1.